The van der Waals surface area contributed by atoms with E-state index in [1.54, 1.807) is 6.92 Å². The fourth-order valence-electron chi connectivity index (χ4n) is 1.75. The van der Waals surface area contributed by atoms with Crippen LogP contribution < -0.4 is 5.73 Å². The van der Waals surface area contributed by atoms with Crippen LogP contribution in [-0.2, 0) is 0 Å². The molecule has 96 valence electrons. The minimum atomic E-state index is -0.361. The minimum Gasteiger partial charge on any atom is -0.330 e. The third kappa shape index (κ3) is 3.48. The zero-order valence-corrected chi connectivity index (χ0v) is 10.6. The molecule has 0 amide bonds. The van der Waals surface area contributed by atoms with E-state index in [4.69, 9.17) is 5.73 Å². The molecule has 0 spiro atoms. The molecule has 0 aliphatic carbocycles. The number of rotatable bonds is 5. The summed E-state index contributed by atoms with van der Waals surface area (Å²) in [5.74, 6) is -0.712. The maximum atomic E-state index is 13.7. The highest BCUT2D eigenvalue weighted by molar-refractivity contribution is 5.27. The second-order valence-corrected chi connectivity index (χ2v) is 4.42. The van der Waals surface area contributed by atoms with Crippen molar-refractivity contribution < 1.29 is 8.78 Å². The topological polar surface area (TPSA) is 29.3 Å². The van der Waals surface area contributed by atoms with Crippen LogP contribution in [0, 0.1) is 18.6 Å². The van der Waals surface area contributed by atoms with Gasteiger partial charge in [-0.2, -0.15) is 0 Å². The van der Waals surface area contributed by atoms with Crippen molar-refractivity contribution in [3.8, 4) is 0 Å². The van der Waals surface area contributed by atoms with Gasteiger partial charge < -0.3 is 5.73 Å². The molecule has 0 aromatic heterocycles. The molecule has 0 bridgehead atoms. The van der Waals surface area contributed by atoms with E-state index in [1.165, 1.54) is 12.1 Å². The van der Waals surface area contributed by atoms with E-state index in [1.807, 2.05) is 18.9 Å². The number of nitrogens with zero attached hydrogens (tertiary/aromatic N) is 1. The molecule has 2 N–H and O–H groups in total. The average molecular weight is 242 g/mol. The van der Waals surface area contributed by atoms with Crippen LogP contribution in [-0.4, -0.2) is 25.0 Å². The van der Waals surface area contributed by atoms with Gasteiger partial charge in [0.1, 0.15) is 11.6 Å². The van der Waals surface area contributed by atoms with Gasteiger partial charge in [-0.1, -0.05) is 0 Å². The van der Waals surface area contributed by atoms with Crippen molar-refractivity contribution in [2.75, 3.05) is 20.1 Å². The van der Waals surface area contributed by atoms with Crippen molar-refractivity contribution in [1.82, 2.24) is 4.90 Å². The first-order valence-corrected chi connectivity index (χ1v) is 5.83. The van der Waals surface area contributed by atoms with E-state index in [0.717, 1.165) is 13.0 Å². The molecule has 4 heteroatoms. The van der Waals surface area contributed by atoms with Crippen molar-refractivity contribution in [2.24, 2.45) is 5.73 Å². The summed E-state index contributed by atoms with van der Waals surface area (Å²) in [7, 11) is 1.89. The lowest BCUT2D eigenvalue weighted by Gasteiger charge is -2.25. The van der Waals surface area contributed by atoms with Crippen LogP contribution in [0.25, 0.3) is 0 Å². The molecule has 0 aliphatic heterocycles. The molecule has 0 aliphatic rings. The van der Waals surface area contributed by atoms with Gasteiger partial charge in [0.05, 0.1) is 0 Å². The van der Waals surface area contributed by atoms with Gasteiger partial charge in [0, 0.05) is 11.6 Å². The lowest BCUT2D eigenvalue weighted by atomic mass is 10.0. The van der Waals surface area contributed by atoms with Gasteiger partial charge >= 0.3 is 0 Å². The molecular formula is C13H20F2N2. The van der Waals surface area contributed by atoms with Gasteiger partial charge in [0.2, 0.25) is 0 Å². The van der Waals surface area contributed by atoms with Crippen LogP contribution in [0.2, 0.25) is 0 Å². The normalized spacial score (nSPS) is 13.1. The Morgan fingerprint density at radius 1 is 1.29 bits per heavy atom. The summed E-state index contributed by atoms with van der Waals surface area (Å²) >= 11 is 0. The summed E-state index contributed by atoms with van der Waals surface area (Å²) < 4.78 is 27.2. The highest BCUT2D eigenvalue weighted by Crippen LogP contribution is 2.24. The molecule has 1 aromatic rings. The number of nitrogens with two attached hydrogens (primary N) is 1. The van der Waals surface area contributed by atoms with E-state index >= 15 is 0 Å². The van der Waals surface area contributed by atoms with Crippen molar-refractivity contribution in [1.29, 1.82) is 0 Å². The lowest BCUT2D eigenvalue weighted by Crippen LogP contribution is -2.26. The molecule has 1 rings (SSSR count). The molecule has 0 radical (unpaired) electrons. The lowest BCUT2D eigenvalue weighted by molar-refractivity contribution is 0.254. The first-order valence-electron chi connectivity index (χ1n) is 5.83. The van der Waals surface area contributed by atoms with Crippen LogP contribution in [0.4, 0.5) is 8.78 Å². The minimum absolute atomic E-state index is 0.156. The molecule has 2 nitrogen and oxygen atoms in total. The number of benzene rings is 1. The molecule has 1 unspecified atom stereocenters. The van der Waals surface area contributed by atoms with Gasteiger partial charge in [-0.3, -0.25) is 4.90 Å². The highest BCUT2D eigenvalue weighted by atomic mass is 19.1. The third-order valence-corrected chi connectivity index (χ3v) is 3.10. The standard InChI is InChI=1S/C13H20F2N2/c1-9-7-13(15)11(8-12(9)14)10(2)17(3)6-4-5-16/h7-8,10H,4-6,16H2,1-3H3. The summed E-state index contributed by atoms with van der Waals surface area (Å²) in [6.07, 6.45) is 0.844. The van der Waals surface area contributed by atoms with E-state index in [9.17, 15) is 8.78 Å². The SMILES string of the molecule is Cc1cc(F)c(C(C)N(C)CCCN)cc1F. The van der Waals surface area contributed by atoms with Crippen molar-refractivity contribution in [3.63, 3.8) is 0 Å². The van der Waals surface area contributed by atoms with Gasteiger partial charge in [0.15, 0.2) is 0 Å². The predicted molar refractivity (Wildman–Crippen MR) is 65.8 cm³/mol. The Hall–Kier alpha value is -1.00. The van der Waals surface area contributed by atoms with Crippen LogP contribution >= 0.6 is 0 Å². The number of hydrogen-bond acceptors (Lipinski definition) is 2. The van der Waals surface area contributed by atoms with E-state index in [2.05, 4.69) is 0 Å². The van der Waals surface area contributed by atoms with Gasteiger partial charge in [-0.15, -0.1) is 0 Å². The summed E-state index contributed by atoms with van der Waals surface area (Å²) in [6, 6.07) is 2.38. The fourth-order valence-corrected chi connectivity index (χ4v) is 1.75. The van der Waals surface area contributed by atoms with Crippen LogP contribution in [0.3, 0.4) is 0 Å². The third-order valence-electron chi connectivity index (χ3n) is 3.10. The van der Waals surface area contributed by atoms with Gasteiger partial charge in [-0.25, -0.2) is 8.78 Å². The first kappa shape index (κ1) is 14.1. The number of aryl methyl sites for hydroxylation is 1. The molecule has 0 heterocycles. The molecule has 1 atom stereocenters. The molecule has 17 heavy (non-hydrogen) atoms. The Morgan fingerprint density at radius 3 is 2.53 bits per heavy atom. The number of hydrogen-bond donors (Lipinski definition) is 1. The van der Waals surface area contributed by atoms with Crippen molar-refractivity contribution >= 4 is 0 Å². The monoisotopic (exact) mass is 242 g/mol. The predicted octanol–water partition coefficient (Wildman–Crippen LogP) is 2.61. The molecule has 0 saturated carbocycles. The highest BCUT2D eigenvalue weighted by Gasteiger charge is 2.17. The Kier molecular flexibility index (Phi) is 5.02. The number of halogens is 2. The second-order valence-electron chi connectivity index (χ2n) is 4.42. The van der Waals surface area contributed by atoms with Crippen molar-refractivity contribution in [2.45, 2.75) is 26.3 Å². The first-order chi connectivity index (χ1) is 7.97. The van der Waals surface area contributed by atoms with E-state index < -0.39 is 0 Å². The zero-order valence-electron chi connectivity index (χ0n) is 10.6. The molecule has 0 saturated heterocycles. The largest absolute Gasteiger partial charge is 0.330 e. The van der Waals surface area contributed by atoms with Crippen molar-refractivity contribution in [3.05, 3.63) is 34.9 Å². The van der Waals surface area contributed by atoms with Gasteiger partial charge in [-0.05, 0) is 58.1 Å². The van der Waals surface area contributed by atoms with E-state index in [-0.39, 0.29) is 17.7 Å². The Balaban J connectivity index is 2.88. The maximum Gasteiger partial charge on any atom is 0.128 e. The van der Waals surface area contributed by atoms with Crippen LogP contribution in [0.1, 0.15) is 30.5 Å². The summed E-state index contributed by atoms with van der Waals surface area (Å²) in [4.78, 5) is 1.97. The Morgan fingerprint density at radius 2 is 1.94 bits per heavy atom. The quantitative estimate of drug-likeness (QED) is 0.860. The van der Waals surface area contributed by atoms with Crippen LogP contribution in [0.5, 0.6) is 0 Å². The molecule has 0 fully saturated rings. The summed E-state index contributed by atoms with van der Waals surface area (Å²) in [5.41, 5.74) is 6.16. The average Bonchev–Trinajstić information content (AvgIpc) is 2.29. The second kappa shape index (κ2) is 6.07. The molecular weight excluding hydrogens is 222 g/mol. The van der Waals surface area contributed by atoms with Crippen LogP contribution in [0.15, 0.2) is 12.1 Å². The van der Waals surface area contributed by atoms with E-state index in [0.29, 0.717) is 17.7 Å². The fraction of sp³-hybridized carbons (Fsp3) is 0.538. The summed E-state index contributed by atoms with van der Waals surface area (Å²) in [5, 5.41) is 0. The maximum absolute atomic E-state index is 13.7. The Bertz CT molecular complexity index is 380. The summed E-state index contributed by atoms with van der Waals surface area (Å²) in [6.45, 7) is 4.79. The smallest absolute Gasteiger partial charge is 0.128 e. The Labute approximate surface area is 101 Å². The molecule has 1 aromatic carbocycles. The zero-order chi connectivity index (χ0) is 13.0. The van der Waals surface area contributed by atoms with Gasteiger partial charge in [0.25, 0.3) is 0 Å².